The van der Waals surface area contributed by atoms with Crippen LogP contribution in [0, 0.1) is 18.3 Å². The number of likely N-dealkylation sites (N-methyl/N-ethyl adjacent to an activating group) is 1. The van der Waals surface area contributed by atoms with E-state index >= 15 is 0 Å². The summed E-state index contributed by atoms with van der Waals surface area (Å²) in [6, 6.07) is 6.20. The Bertz CT molecular complexity index is 452. The molecular weight excluding hydrogens is 240 g/mol. The van der Waals surface area contributed by atoms with E-state index in [2.05, 4.69) is 17.9 Å². The lowest BCUT2D eigenvalue weighted by Gasteiger charge is -2.17. The summed E-state index contributed by atoms with van der Waals surface area (Å²) in [5.74, 6) is 1.53. The normalized spacial score (nSPS) is 10.3. The first-order valence-electron chi connectivity index (χ1n) is 6.39. The van der Waals surface area contributed by atoms with Gasteiger partial charge in [0.15, 0.2) is 11.5 Å². The molecular formula is C15H22N2O2. The van der Waals surface area contributed by atoms with Gasteiger partial charge in [-0.25, -0.2) is 0 Å². The number of hydrogen-bond donors (Lipinski definition) is 0. The van der Waals surface area contributed by atoms with Crippen molar-refractivity contribution in [2.75, 3.05) is 34.4 Å². The molecule has 0 spiro atoms. The average Bonchev–Trinajstić information content (AvgIpc) is 2.43. The Labute approximate surface area is 115 Å². The van der Waals surface area contributed by atoms with Gasteiger partial charge in [-0.05, 0) is 43.7 Å². The number of hydrogen-bond acceptors (Lipinski definition) is 4. The van der Waals surface area contributed by atoms with Gasteiger partial charge in [0, 0.05) is 19.5 Å². The van der Waals surface area contributed by atoms with Gasteiger partial charge in [0.25, 0.3) is 0 Å². The van der Waals surface area contributed by atoms with Crippen LogP contribution in [0.2, 0.25) is 0 Å². The second-order valence-corrected chi connectivity index (χ2v) is 4.60. The highest BCUT2D eigenvalue weighted by molar-refractivity contribution is 5.47. The van der Waals surface area contributed by atoms with Crippen molar-refractivity contribution in [1.82, 2.24) is 4.90 Å². The molecule has 4 heteroatoms. The fourth-order valence-electron chi connectivity index (χ4n) is 1.96. The molecule has 1 aromatic carbocycles. The Morgan fingerprint density at radius 3 is 2.37 bits per heavy atom. The highest BCUT2D eigenvalue weighted by Gasteiger charge is 2.09. The molecule has 0 aliphatic rings. The average molecular weight is 262 g/mol. The molecule has 0 heterocycles. The van der Waals surface area contributed by atoms with Gasteiger partial charge in [0.05, 0.1) is 20.3 Å². The number of nitrogens with zero attached hydrogens (tertiary/aromatic N) is 2. The Kier molecular flexibility index (Phi) is 6.17. The van der Waals surface area contributed by atoms with Crippen molar-refractivity contribution < 1.29 is 9.47 Å². The van der Waals surface area contributed by atoms with Crippen LogP contribution in [0.1, 0.15) is 17.5 Å². The summed E-state index contributed by atoms with van der Waals surface area (Å²) in [6.45, 7) is 3.81. The van der Waals surface area contributed by atoms with Crippen LogP contribution in [0.5, 0.6) is 11.5 Å². The van der Waals surface area contributed by atoms with Crippen molar-refractivity contribution in [3.8, 4) is 17.6 Å². The van der Waals surface area contributed by atoms with E-state index in [1.807, 2.05) is 19.2 Å². The van der Waals surface area contributed by atoms with E-state index in [4.69, 9.17) is 14.7 Å². The van der Waals surface area contributed by atoms with Crippen LogP contribution < -0.4 is 9.47 Å². The first-order valence-corrected chi connectivity index (χ1v) is 6.39. The van der Waals surface area contributed by atoms with Crippen molar-refractivity contribution in [3.63, 3.8) is 0 Å². The number of ether oxygens (including phenoxy) is 2. The minimum absolute atomic E-state index is 0.571. The second-order valence-electron chi connectivity index (χ2n) is 4.60. The predicted octanol–water partition coefficient (Wildman–Crippen LogP) is 2.40. The second kappa shape index (κ2) is 7.65. The summed E-state index contributed by atoms with van der Waals surface area (Å²) >= 11 is 0. The quantitative estimate of drug-likeness (QED) is 0.757. The molecule has 0 aliphatic carbocycles. The van der Waals surface area contributed by atoms with Gasteiger partial charge >= 0.3 is 0 Å². The Hall–Kier alpha value is -1.73. The van der Waals surface area contributed by atoms with Crippen LogP contribution in [-0.4, -0.2) is 39.3 Å². The van der Waals surface area contributed by atoms with Gasteiger partial charge in [-0.15, -0.1) is 0 Å². The first kappa shape index (κ1) is 15.3. The molecule has 0 radical (unpaired) electrons. The number of nitriles is 1. The molecule has 0 aromatic heterocycles. The van der Waals surface area contributed by atoms with Crippen molar-refractivity contribution in [3.05, 3.63) is 23.3 Å². The standard InChI is InChI=1S/C15H22N2O2/c1-12-10-14(18-3)15(19-4)11-13(12)6-9-17(2)8-5-7-16/h10-11H,5-6,8-9H2,1-4H3. The number of methoxy groups -OCH3 is 2. The lowest BCUT2D eigenvalue weighted by atomic mass is 10.0. The van der Waals surface area contributed by atoms with Crippen molar-refractivity contribution >= 4 is 0 Å². The van der Waals surface area contributed by atoms with Crippen LogP contribution in [-0.2, 0) is 6.42 Å². The molecule has 1 rings (SSSR count). The monoisotopic (exact) mass is 262 g/mol. The highest BCUT2D eigenvalue weighted by atomic mass is 16.5. The van der Waals surface area contributed by atoms with E-state index in [9.17, 15) is 0 Å². The van der Waals surface area contributed by atoms with Gasteiger partial charge in [-0.3, -0.25) is 0 Å². The number of aryl methyl sites for hydroxylation is 1. The van der Waals surface area contributed by atoms with Gasteiger partial charge < -0.3 is 14.4 Å². The van der Waals surface area contributed by atoms with Gasteiger partial charge in [-0.1, -0.05) is 0 Å². The molecule has 0 atom stereocenters. The van der Waals surface area contributed by atoms with Crippen LogP contribution >= 0.6 is 0 Å². The molecule has 0 unspecified atom stereocenters. The minimum atomic E-state index is 0.571. The summed E-state index contributed by atoms with van der Waals surface area (Å²) in [6.07, 6.45) is 1.51. The third-order valence-electron chi connectivity index (χ3n) is 3.21. The maximum atomic E-state index is 8.56. The van der Waals surface area contributed by atoms with E-state index in [1.165, 1.54) is 11.1 Å². The maximum Gasteiger partial charge on any atom is 0.161 e. The first-order chi connectivity index (χ1) is 9.12. The Morgan fingerprint density at radius 1 is 1.16 bits per heavy atom. The summed E-state index contributed by atoms with van der Waals surface area (Å²) in [4.78, 5) is 2.17. The molecule has 0 fully saturated rings. The lowest BCUT2D eigenvalue weighted by molar-refractivity contribution is 0.343. The molecule has 19 heavy (non-hydrogen) atoms. The fraction of sp³-hybridized carbons (Fsp3) is 0.533. The molecule has 0 amide bonds. The van der Waals surface area contributed by atoms with Gasteiger partial charge in [0.2, 0.25) is 0 Å². The summed E-state index contributed by atoms with van der Waals surface area (Å²) in [5.41, 5.74) is 2.45. The zero-order chi connectivity index (χ0) is 14.3. The van der Waals surface area contributed by atoms with E-state index in [0.29, 0.717) is 6.42 Å². The third-order valence-corrected chi connectivity index (χ3v) is 3.21. The van der Waals surface area contributed by atoms with Crippen LogP contribution in [0.25, 0.3) is 0 Å². The van der Waals surface area contributed by atoms with Gasteiger partial charge in [0.1, 0.15) is 0 Å². The minimum Gasteiger partial charge on any atom is -0.493 e. The molecule has 0 aliphatic heterocycles. The van der Waals surface area contributed by atoms with Crippen molar-refractivity contribution in [2.45, 2.75) is 19.8 Å². The molecule has 0 saturated heterocycles. The molecule has 0 N–H and O–H groups in total. The van der Waals surface area contributed by atoms with E-state index in [1.54, 1.807) is 14.2 Å². The highest BCUT2D eigenvalue weighted by Crippen LogP contribution is 2.30. The van der Waals surface area contributed by atoms with E-state index < -0.39 is 0 Å². The third kappa shape index (κ3) is 4.46. The number of rotatable bonds is 7. The van der Waals surface area contributed by atoms with Crippen molar-refractivity contribution in [2.24, 2.45) is 0 Å². The lowest BCUT2D eigenvalue weighted by Crippen LogP contribution is -2.22. The number of benzene rings is 1. The summed E-state index contributed by atoms with van der Waals surface area (Å²) in [7, 11) is 5.33. The van der Waals surface area contributed by atoms with Crippen molar-refractivity contribution in [1.29, 1.82) is 5.26 Å². The van der Waals surface area contributed by atoms with Crippen LogP contribution in [0.3, 0.4) is 0 Å². The maximum absolute atomic E-state index is 8.56. The molecule has 4 nitrogen and oxygen atoms in total. The molecule has 0 saturated carbocycles. The molecule has 1 aromatic rings. The van der Waals surface area contributed by atoms with Crippen LogP contribution in [0.15, 0.2) is 12.1 Å². The largest absolute Gasteiger partial charge is 0.493 e. The smallest absolute Gasteiger partial charge is 0.161 e. The SMILES string of the molecule is COc1cc(C)c(CCN(C)CCC#N)cc1OC. The zero-order valence-electron chi connectivity index (χ0n) is 12.2. The fourth-order valence-corrected chi connectivity index (χ4v) is 1.96. The van der Waals surface area contributed by atoms with Crippen LogP contribution in [0.4, 0.5) is 0 Å². The Balaban J connectivity index is 2.71. The molecule has 0 bridgehead atoms. The zero-order valence-corrected chi connectivity index (χ0v) is 12.2. The Morgan fingerprint density at radius 2 is 1.79 bits per heavy atom. The van der Waals surface area contributed by atoms with E-state index in [-0.39, 0.29) is 0 Å². The van der Waals surface area contributed by atoms with E-state index in [0.717, 1.165) is 31.0 Å². The topological polar surface area (TPSA) is 45.5 Å². The summed E-state index contributed by atoms with van der Waals surface area (Å²) in [5, 5.41) is 8.56. The molecule has 104 valence electrons. The predicted molar refractivity (Wildman–Crippen MR) is 75.7 cm³/mol. The van der Waals surface area contributed by atoms with Gasteiger partial charge in [-0.2, -0.15) is 5.26 Å². The summed E-state index contributed by atoms with van der Waals surface area (Å²) < 4.78 is 10.6.